The largest absolute Gasteiger partial charge is 0.341 e. The molecule has 2 aliphatic heterocycles. The van der Waals surface area contributed by atoms with E-state index < -0.39 is 0 Å². The summed E-state index contributed by atoms with van der Waals surface area (Å²) in [5, 5.41) is 4.09. The van der Waals surface area contributed by atoms with Gasteiger partial charge in [-0.05, 0) is 37.8 Å². The highest BCUT2D eigenvalue weighted by molar-refractivity contribution is 5.82. The van der Waals surface area contributed by atoms with E-state index in [2.05, 4.69) is 32.9 Å². The lowest BCUT2D eigenvalue weighted by atomic mass is 9.96. The minimum atomic E-state index is -0.145. The maximum atomic E-state index is 12.9. The van der Waals surface area contributed by atoms with Gasteiger partial charge in [0.15, 0.2) is 0 Å². The number of hydrazine groups is 1. The summed E-state index contributed by atoms with van der Waals surface area (Å²) in [5.41, 5.74) is 7.25. The van der Waals surface area contributed by atoms with Crippen molar-refractivity contribution in [2.24, 2.45) is 0 Å². The highest BCUT2D eigenvalue weighted by Crippen LogP contribution is 2.28. The van der Waals surface area contributed by atoms with E-state index in [4.69, 9.17) is 4.52 Å². The van der Waals surface area contributed by atoms with E-state index in [0.717, 1.165) is 44.2 Å². The third-order valence-corrected chi connectivity index (χ3v) is 5.36. The molecule has 0 saturated carbocycles. The van der Waals surface area contributed by atoms with Gasteiger partial charge in [-0.3, -0.25) is 15.2 Å². The Hall–Kier alpha value is -2.32. The van der Waals surface area contributed by atoms with Crippen LogP contribution in [0, 0.1) is 0 Å². The molecule has 4 rings (SSSR count). The van der Waals surface area contributed by atoms with E-state index in [-0.39, 0.29) is 17.9 Å². The molecule has 3 unspecified atom stereocenters. The highest BCUT2D eigenvalue weighted by atomic mass is 16.5. The van der Waals surface area contributed by atoms with Crippen LogP contribution in [0.5, 0.6) is 0 Å². The fraction of sp³-hybridized carbons (Fsp3) is 0.579. The highest BCUT2D eigenvalue weighted by Gasteiger charge is 2.35. The normalized spacial score (nSPS) is 25.7. The Balaban J connectivity index is 1.40. The van der Waals surface area contributed by atoms with Gasteiger partial charge in [0.2, 0.25) is 17.6 Å². The molecular weight excluding hydrogens is 344 g/mol. The Morgan fingerprint density at radius 3 is 3.15 bits per heavy atom. The first-order valence-electron chi connectivity index (χ1n) is 9.78. The average Bonchev–Trinajstić information content (AvgIpc) is 3.39. The summed E-state index contributed by atoms with van der Waals surface area (Å²) in [4.78, 5) is 23.5. The molecule has 2 aromatic rings. The number of amides is 1. The predicted molar refractivity (Wildman–Crippen MR) is 99.5 cm³/mol. The Morgan fingerprint density at radius 2 is 2.33 bits per heavy atom. The molecule has 144 valence electrons. The topological polar surface area (TPSA) is 96.2 Å². The van der Waals surface area contributed by atoms with Gasteiger partial charge in [0.1, 0.15) is 6.04 Å². The van der Waals surface area contributed by atoms with Crippen molar-refractivity contribution in [1.29, 1.82) is 0 Å². The van der Waals surface area contributed by atoms with Crippen molar-refractivity contribution < 1.29 is 9.32 Å². The van der Waals surface area contributed by atoms with Gasteiger partial charge < -0.3 is 9.42 Å². The SMILES string of the molecule is CCCC1CC(C(=O)N2CCCC(c3nc(-c4cccnc4)no3)C2)NN1. The van der Waals surface area contributed by atoms with Crippen molar-refractivity contribution in [3.05, 3.63) is 30.4 Å². The lowest BCUT2D eigenvalue weighted by Gasteiger charge is -2.32. The Morgan fingerprint density at radius 1 is 1.41 bits per heavy atom. The van der Waals surface area contributed by atoms with Crippen LogP contribution in [0.4, 0.5) is 0 Å². The molecule has 2 saturated heterocycles. The van der Waals surface area contributed by atoms with Crippen molar-refractivity contribution in [3.63, 3.8) is 0 Å². The summed E-state index contributed by atoms with van der Waals surface area (Å²) >= 11 is 0. The van der Waals surface area contributed by atoms with E-state index >= 15 is 0 Å². The molecule has 0 spiro atoms. The third kappa shape index (κ3) is 4.01. The number of carbonyl (C=O) groups is 1. The van der Waals surface area contributed by atoms with Crippen LogP contribution < -0.4 is 10.9 Å². The van der Waals surface area contributed by atoms with Gasteiger partial charge >= 0.3 is 0 Å². The molecule has 3 atom stereocenters. The van der Waals surface area contributed by atoms with Gasteiger partial charge in [0.25, 0.3) is 0 Å². The minimum absolute atomic E-state index is 0.0847. The number of nitrogens with zero attached hydrogens (tertiary/aromatic N) is 4. The molecule has 4 heterocycles. The number of piperidine rings is 1. The smallest absolute Gasteiger partial charge is 0.241 e. The first-order chi connectivity index (χ1) is 13.2. The van der Waals surface area contributed by atoms with Crippen LogP contribution in [-0.2, 0) is 4.79 Å². The Bertz CT molecular complexity index is 765. The van der Waals surface area contributed by atoms with Crippen LogP contribution in [0.3, 0.4) is 0 Å². The molecule has 2 N–H and O–H groups in total. The van der Waals surface area contributed by atoms with Crippen molar-refractivity contribution in [2.75, 3.05) is 13.1 Å². The summed E-state index contributed by atoms with van der Waals surface area (Å²) in [6.45, 7) is 3.58. The van der Waals surface area contributed by atoms with Crippen LogP contribution in [-0.4, -0.2) is 51.1 Å². The maximum absolute atomic E-state index is 12.9. The summed E-state index contributed by atoms with van der Waals surface area (Å²) in [6, 6.07) is 3.99. The summed E-state index contributed by atoms with van der Waals surface area (Å²) < 4.78 is 5.51. The molecule has 2 aromatic heterocycles. The number of carbonyl (C=O) groups excluding carboxylic acids is 1. The van der Waals surface area contributed by atoms with Gasteiger partial charge in [-0.15, -0.1) is 0 Å². The number of rotatable bonds is 5. The fourth-order valence-electron chi connectivity index (χ4n) is 3.93. The van der Waals surface area contributed by atoms with E-state index in [1.54, 1.807) is 12.4 Å². The van der Waals surface area contributed by atoms with Crippen molar-refractivity contribution >= 4 is 5.91 Å². The first kappa shape index (κ1) is 18.1. The van der Waals surface area contributed by atoms with E-state index in [0.29, 0.717) is 24.3 Å². The second-order valence-corrected chi connectivity index (χ2v) is 7.38. The van der Waals surface area contributed by atoms with Gasteiger partial charge in [-0.1, -0.05) is 18.5 Å². The second-order valence-electron chi connectivity index (χ2n) is 7.38. The maximum Gasteiger partial charge on any atom is 0.241 e. The predicted octanol–water partition coefficient (Wildman–Crippen LogP) is 1.87. The van der Waals surface area contributed by atoms with Crippen LogP contribution in [0.1, 0.15) is 50.8 Å². The molecule has 0 radical (unpaired) electrons. The Labute approximate surface area is 158 Å². The van der Waals surface area contributed by atoms with Crippen molar-refractivity contribution in [3.8, 4) is 11.4 Å². The van der Waals surface area contributed by atoms with Crippen LogP contribution >= 0.6 is 0 Å². The summed E-state index contributed by atoms with van der Waals surface area (Å²) in [5.74, 6) is 1.40. The van der Waals surface area contributed by atoms with Crippen LogP contribution in [0.2, 0.25) is 0 Å². The molecule has 2 aliphatic rings. The van der Waals surface area contributed by atoms with E-state index in [1.165, 1.54) is 0 Å². The zero-order chi connectivity index (χ0) is 18.6. The van der Waals surface area contributed by atoms with Crippen LogP contribution in [0.25, 0.3) is 11.4 Å². The Kier molecular flexibility index (Phi) is 5.45. The average molecular weight is 370 g/mol. The zero-order valence-electron chi connectivity index (χ0n) is 15.6. The molecule has 2 fully saturated rings. The van der Waals surface area contributed by atoms with Crippen molar-refractivity contribution in [2.45, 2.75) is 57.0 Å². The summed E-state index contributed by atoms with van der Waals surface area (Å²) in [6.07, 6.45) is 8.37. The van der Waals surface area contributed by atoms with Gasteiger partial charge in [0, 0.05) is 37.1 Å². The van der Waals surface area contributed by atoms with E-state index in [9.17, 15) is 4.79 Å². The van der Waals surface area contributed by atoms with Gasteiger partial charge in [-0.2, -0.15) is 4.98 Å². The lowest BCUT2D eigenvalue weighted by Crippen LogP contribution is -2.48. The molecule has 0 aromatic carbocycles. The van der Waals surface area contributed by atoms with Gasteiger partial charge in [0.05, 0.1) is 5.92 Å². The summed E-state index contributed by atoms with van der Waals surface area (Å²) in [7, 11) is 0. The van der Waals surface area contributed by atoms with Crippen LogP contribution in [0.15, 0.2) is 29.0 Å². The monoisotopic (exact) mass is 370 g/mol. The number of hydrogen-bond donors (Lipinski definition) is 2. The quantitative estimate of drug-likeness (QED) is 0.829. The number of nitrogens with one attached hydrogen (secondary N) is 2. The van der Waals surface area contributed by atoms with Gasteiger partial charge in [-0.25, -0.2) is 5.43 Å². The number of likely N-dealkylation sites (tertiary alicyclic amines) is 1. The fourth-order valence-corrected chi connectivity index (χ4v) is 3.93. The minimum Gasteiger partial charge on any atom is -0.341 e. The number of pyridine rings is 1. The molecule has 27 heavy (non-hydrogen) atoms. The molecule has 1 amide bonds. The zero-order valence-corrected chi connectivity index (χ0v) is 15.6. The van der Waals surface area contributed by atoms with E-state index in [1.807, 2.05) is 17.0 Å². The molecule has 0 bridgehead atoms. The van der Waals surface area contributed by atoms with Crippen molar-refractivity contribution in [1.82, 2.24) is 30.9 Å². The number of aromatic nitrogens is 3. The number of hydrogen-bond acceptors (Lipinski definition) is 7. The molecule has 8 nitrogen and oxygen atoms in total. The third-order valence-electron chi connectivity index (χ3n) is 5.36. The second kappa shape index (κ2) is 8.14. The molecular formula is C19H26N6O2. The molecule has 8 heteroatoms. The lowest BCUT2D eigenvalue weighted by molar-refractivity contribution is -0.134. The first-order valence-corrected chi connectivity index (χ1v) is 9.78. The molecule has 0 aliphatic carbocycles. The standard InChI is InChI=1S/C19H26N6O2/c1-2-5-15-10-16(23-22-15)19(26)25-9-4-7-14(12-25)18-21-17(24-27-18)13-6-3-8-20-11-13/h3,6,8,11,14-16,22-23H,2,4-5,7,9-10,12H2,1H3.